The summed E-state index contributed by atoms with van der Waals surface area (Å²) in [6, 6.07) is 19.9. The van der Waals surface area contributed by atoms with E-state index in [1.165, 1.54) is 49.7 Å². The molecule has 6 rings (SSSR count). The van der Waals surface area contributed by atoms with Crippen LogP contribution in [0.25, 0.3) is 11.0 Å². The molecule has 45 heavy (non-hydrogen) atoms. The van der Waals surface area contributed by atoms with Crippen molar-refractivity contribution in [1.29, 1.82) is 0 Å². The summed E-state index contributed by atoms with van der Waals surface area (Å²) >= 11 is 0. The molecule has 0 bridgehead atoms. The van der Waals surface area contributed by atoms with E-state index in [1.54, 1.807) is 0 Å². The fraction of sp³-hybridized carbons (Fsp3) is 0.500. The zero-order valence-corrected chi connectivity index (χ0v) is 27.0. The van der Waals surface area contributed by atoms with Gasteiger partial charge in [-0.3, -0.25) is 4.90 Å². The summed E-state index contributed by atoms with van der Waals surface area (Å²) in [5.74, 6) is 2.86. The first-order valence-electron chi connectivity index (χ1n) is 17.1. The Labute approximate surface area is 268 Å². The van der Waals surface area contributed by atoms with Crippen molar-refractivity contribution in [3.63, 3.8) is 0 Å². The number of piperazine rings is 1. The summed E-state index contributed by atoms with van der Waals surface area (Å²) in [5.41, 5.74) is 13.1. The Kier molecular flexibility index (Phi) is 10.8. The Hall–Kier alpha value is -3.66. The van der Waals surface area contributed by atoms with E-state index in [0.29, 0.717) is 6.54 Å². The lowest BCUT2D eigenvalue weighted by molar-refractivity contribution is 0.244. The highest BCUT2D eigenvalue weighted by Crippen LogP contribution is 2.28. The third kappa shape index (κ3) is 8.54. The lowest BCUT2D eigenvalue weighted by Crippen LogP contribution is -2.46. The summed E-state index contributed by atoms with van der Waals surface area (Å²) in [6.45, 7) is 10.5. The molecule has 1 aliphatic heterocycles. The first kappa shape index (κ1) is 31.3. The molecule has 2 aliphatic rings. The van der Waals surface area contributed by atoms with Crippen molar-refractivity contribution in [2.24, 2.45) is 0 Å². The summed E-state index contributed by atoms with van der Waals surface area (Å²) in [4.78, 5) is 18.1. The lowest BCUT2D eigenvalue weighted by Gasteiger charge is -2.35. The molecule has 0 radical (unpaired) electrons. The quantitative estimate of drug-likeness (QED) is 0.120. The Bertz CT molecular complexity index is 1450. The highest BCUT2D eigenvalue weighted by Gasteiger charge is 2.21. The molecule has 9 heteroatoms. The Balaban J connectivity index is 0.962. The number of nitrogens with zero attached hydrogens (tertiary/aromatic N) is 4. The number of nitrogens with two attached hydrogens (primary N) is 1. The predicted octanol–water partition coefficient (Wildman–Crippen LogP) is 5.44. The molecule has 9 nitrogen and oxygen atoms in total. The third-order valence-corrected chi connectivity index (χ3v) is 9.39. The summed E-state index contributed by atoms with van der Waals surface area (Å²) in [6.07, 6.45) is 8.92. The summed E-state index contributed by atoms with van der Waals surface area (Å²) < 4.78 is 0. The van der Waals surface area contributed by atoms with E-state index in [1.807, 2.05) is 18.2 Å². The third-order valence-electron chi connectivity index (χ3n) is 9.39. The number of H-pyrrole nitrogens is 1. The molecule has 0 atom stereocenters. The zero-order valence-electron chi connectivity index (χ0n) is 27.0. The topological polar surface area (TPSA) is 110 Å². The van der Waals surface area contributed by atoms with E-state index in [2.05, 4.69) is 74.1 Å². The van der Waals surface area contributed by atoms with Crippen LogP contribution in [0.4, 0.5) is 17.3 Å². The van der Waals surface area contributed by atoms with E-state index in [4.69, 9.17) is 15.7 Å². The van der Waals surface area contributed by atoms with Crippen molar-refractivity contribution >= 4 is 28.4 Å². The molecule has 1 saturated carbocycles. The van der Waals surface area contributed by atoms with Gasteiger partial charge < -0.3 is 31.6 Å². The van der Waals surface area contributed by atoms with Gasteiger partial charge in [-0.15, -0.1) is 0 Å². The average Bonchev–Trinajstić information content (AvgIpc) is 3.49. The number of hydrogen-bond acceptors (Lipinski definition) is 8. The Morgan fingerprint density at radius 3 is 2.40 bits per heavy atom. The minimum absolute atomic E-state index is 0.717. The number of aromatic nitrogens is 3. The molecule has 4 aromatic rings. The van der Waals surface area contributed by atoms with E-state index in [-0.39, 0.29) is 0 Å². The lowest BCUT2D eigenvalue weighted by atomic mass is 9.95. The second kappa shape index (κ2) is 15.6. The molecule has 0 amide bonds. The van der Waals surface area contributed by atoms with Crippen LogP contribution in [0.5, 0.6) is 0 Å². The molecule has 6 N–H and O–H groups in total. The van der Waals surface area contributed by atoms with Gasteiger partial charge in [-0.2, -0.15) is 0 Å². The molecular weight excluding hydrogens is 558 g/mol. The van der Waals surface area contributed by atoms with Gasteiger partial charge in [0.25, 0.3) is 0 Å². The summed E-state index contributed by atoms with van der Waals surface area (Å²) in [5, 5.41) is 10.9. The van der Waals surface area contributed by atoms with Crippen LogP contribution in [-0.2, 0) is 26.1 Å². The molecular formula is C36H51N9. The number of para-hydroxylation sites is 2. The van der Waals surface area contributed by atoms with E-state index in [0.717, 1.165) is 105 Å². The minimum Gasteiger partial charge on any atom is -0.398 e. The van der Waals surface area contributed by atoms with E-state index in [9.17, 15) is 0 Å². The van der Waals surface area contributed by atoms with Crippen LogP contribution >= 0.6 is 0 Å². The van der Waals surface area contributed by atoms with Gasteiger partial charge in [0.2, 0.25) is 0 Å². The van der Waals surface area contributed by atoms with Crippen molar-refractivity contribution < 1.29 is 0 Å². The normalized spacial score (nSPS) is 16.4. The second-order valence-corrected chi connectivity index (χ2v) is 12.7. The van der Waals surface area contributed by atoms with Crippen molar-refractivity contribution in [1.82, 2.24) is 30.5 Å². The van der Waals surface area contributed by atoms with E-state index < -0.39 is 0 Å². The number of aromatic amines is 1. The van der Waals surface area contributed by atoms with Gasteiger partial charge in [0.1, 0.15) is 17.5 Å². The maximum absolute atomic E-state index is 6.57. The number of fused-ring (bicyclic) bond motifs is 1. The summed E-state index contributed by atoms with van der Waals surface area (Å²) in [7, 11) is 0. The van der Waals surface area contributed by atoms with Crippen molar-refractivity contribution in [3.05, 3.63) is 77.1 Å². The van der Waals surface area contributed by atoms with Crippen LogP contribution in [0.15, 0.2) is 54.6 Å². The monoisotopic (exact) mass is 609 g/mol. The zero-order chi connectivity index (χ0) is 30.8. The maximum Gasteiger partial charge on any atom is 0.133 e. The van der Waals surface area contributed by atoms with Gasteiger partial charge in [0, 0.05) is 62.6 Å². The highest BCUT2D eigenvalue weighted by atomic mass is 15.3. The number of hydrogen-bond donors (Lipinski definition) is 5. The van der Waals surface area contributed by atoms with E-state index >= 15 is 0 Å². The molecule has 2 fully saturated rings. The molecule has 1 aliphatic carbocycles. The largest absolute Gasteiger partial charge is 0.398 e. The number of rotatable bonds is 14. The van der Waals surface area contributed by atoms with Crippen LogP contribution in [0.2, 0.25) is 0 Å². The number of nitrogen functional groups attached to an aromatic ring is 1. The SMILES string of the molecule is CCc1c(N)cc(N2CCN(Cc3nc4ccccc4[nH]3)CC2)nc1NCc1ccc(CNCCCNC2CCCCC2)cc1. The molecule has 240 valence electrons. The average molecular weight is 610 g/mol. The molecule has 2 aromatic heterocycles. The van der Waals surface area contributed by atoms with Crippen LogP contribution in [0.1, 0.15) is 68.0 Å². The maximum atomic E-state index is 6.57. The molecule has 3 heterocycles. The predicted molar refractivity (Wildman–Crippen MR) is 187 cm³/mol. The minimum atomic E-state index is 0.717. The fourth-order valence-electron chi connectivity index (χ4n) is 6.70. The van der Waals surface area contributed by atoms with Crippen molar-refractivity contribution in [2.45, 2.75) is 77.5 Å². The Morgan fingerprint density at radius 2 is 1.64 bits per heavy atom. The van der Waals surface area contributed by atoms with Gasteiger partial charge in [-0.1, -0.05) is 62.6 Å². The highest BCUT2D eigenvalue weighted by molar-refractivity contribution is 5.74. The first-order valence-corrected chi connectivity index (χ1v) is 17.1. The standard InChI is InChI=1S/C36H51N9/c1-2-30-31(37)23-35(45-21-19-44(20-22-45)26-34-41-32-11-6-7-12-33(32)42-34)43-36(30)40-25-28-15-13-27(14-16-28)24-38-17-8-18-39-29-9-4-3-5-10-29/h6-7,11-16,23,29,38-39H,2-5,8-10,17-22,24-26H2,1H3,(H,41,42)(H3,37,40,43). The van der Waals surface area contributed by atoms with Gasteiger partial charge in [0.15, 0.2) is 0 Å². The van der Waals surface area contributed by atoms with Gasteiger partial charge in [-0.25, -0.2) is 9.97 Å². The number of nitrogens with one attached hydrogen (secondary N) is 4. The van der Waals surface area contributed by atoms with Gasteiger partial charge >= 0.3 is 0 Å². The molecule has 0 unspecified atom stereocenters. The van der Waals surface area contributed by atoms with Gasteiger partial charge in [-0.05, 0) is 62.0 Å². The second-order valence-electron chi connectivity index (χ2n) is 12.7. The first-order chi connectivity index (χ1) is 22.1. The number of benzene rings is 2. The molecule has 0 spiro atoms. The van der Waals surface area contributed by atoms with Crippen molar-refractivity contribution in [2.75, 3.05) is 55.2 Å². The number of anilines is 3. The van der Waals surface area contributed by atoms with Gasteiger partial charge in [0.05, 0.1) is 17.6 Å². The molecule has 1 saturated heterocycles. The molecule has 2 aromatic carbocycles. The Morgan fingerprint density at radius 1 is 0.889 bits per heavy atom. The number of pyridine rings is 1. The van der Waals surface area contributed by atoms with Crippen molar-refractivity contribution in [3.8, 4) is 0 Å². The van der Waals surface area contributed by atoms with Crippen LogP contribution in [0.3, 0.4) is 0 Å². The number of imidazole rings is 1. The van der Waals surface area contributed by atoms with Crippen LogP contribution < -0.4 is 26.6 Å². The van der Waals surface area contributed by atoms with Crippen LogP contribution in [-0.4, -0.2) is 65.2 Å². The van der Waals surface area contributed by atoms with Crippen LogP contribution in [0, 0.1) is 0 Å². The fourth-order valence-corrected chi connectivity index (χ4v) is 6.70. The smallest absolute Gasteiger partial charge is 0.133 e.